The predicted octanol–water partition coefficient (Wildman–Crippen LogP) is 4.67. The van der Waals surface area contributed by atoms with Gasteiger partial charge < -0.3 is 10.0 Å². The van der Waals surface area contributed by atoms with Crippen LogP contribution >= 0.6 is 15.9 Å². The number of benzene rings is 2. The zero-order chi connectivity index (χ0) is 18.7. The van der Waals surface area contributed by atoms with E-state index in [9.17, 15) is 14.7 Å². The number of Topliss-reactive ketones (excluding diaryl/α,β-unsaturated/α-hetero) is 1. The van der Waals surface area contributed by atoms with Crippen LogP contribution in [0.4, 0.5) is 0 Å². The van der Waals surface area contributed by atoms with Gasteiger partial charge in [-0.25, -0.2) is 0 Å². The molecule has 1 heterocycles. The lowest BCUT2D eigenvalue weighted by atomic mass is 9.95. The van der Waals surface area contributed by atoms with E-state index in [-0.39, 0.29) is 11.3 Å². The van der Waals surface area contributed by atoms with Crippen LogP contribution in [0.25, 0.3) is 5.76 Å². The van der Waals surface area contributed by atoms with Gasteiger partial charge >= 0.3 is 0 Å². The summed E-state index contributed by atoms with van der Waals surface area (Å²) in [5, 5.41) is 10.8. The first-order valence-electron chi connectivity index (χ1n) is 8.64. The third-order valence-electron chi connectivity index (χ3n) is 4.53. The number of hydrogen-bond acceptors (Lipinski definition) is 3. The fourth-order valence-electron chi connectivity index (χ4n) is 3.18. The summed E-state index contributed by atoms with van der Waals surface area (Å²) in [4.78, 5) is 26.9. The molecule has 2 aromatic carbocycles. The van der Waals surface area contributed by atoms with Crippen LogP contribution in [-0.4, -0.2) is 28.2 Å². The summed E-state index contributed by atoms with van der Waals surface area (Å²) in [6, 6.07) is 15.8. The molecular formula is C21H20BrNO3. The van der Waals surface area contributed by atoms with Gasteiger partial charge in [-0.3, -0.25) is 9.59 Å². The Labute approximate surface area is 161 Å². The smallest absolute Gasteiger partial charge is 0.295 e. The molecule has 2 aromatic rings. The Morgan fingerprint density at radius 2 is 1.73 bits per heavy atom. The van der Waals surface area contributed by atoms with E-state index < -0.39 is 17.7 Å². The number of aliphatic hydroxyl groups excluding tert-OH is 1. The van der Waals surface area contributed by atoms with Crippen LogP contribution in [0.5, 0.6) is 0 Å². The summed E-state index contributed by atoms with van der Waals surface area (Å²) in [7, 11) is 0. The third kappa shape index (κ3) is 3.44. The van der Waals surface area contributed by atoms with Crippen molar-refractivity contribution in [2.45, 2.75) is 25.8 Å². The molecule has 0 aliphatic carbocycles. The minimum atomic E-state index is -0.629. The van der Waals surface area contributed by atoms with E-state index in [1.54, 1.807) is 29.2 Å². The maximum absolute atomic E-state index is 12.7. The van der Waals surface area contributed by atoms with E-state index in [0.717, 1.165) is 22.9 Å². The minimum absolute atomic E-state index is 0.129. The molecule has 0 saturated carbocycles. The average molecular weight is 414 g/mol. The van der Waals surface area contributed by atoms with Crippen LogP contribution < -0.4 is 0 Å². The molecule has 4 nitrogen and oxygen atoms in total. The van der Waals surface area contributed by atoms with Gasteiger partial charge in [0.1, 0.15) is 5.76 Å². The number of hydrogen-bond donors (Lipinski definition) is 1. The van der Waals surface area contributed by atoms with Crippen molar-refractivity contribution in [3.63, 3.8) is 0 Å². The zero-order valence-corrected chi connectivity index (χ0v) is 16.1. The Balaban J connectivity index is 2.15. The van der Waals surface area contributed by atoms with Gasteiger partial charge in [0, 0.05) is 16.6 Å². The molecule has 1 aliphatic rings. The van der Waals surface area contributed by atoms with E-state index in [1.165, 1.54) is 0 Å². The van der Waals surface area contributed by atoms with Gasteiger partial charge in [-0.05, 0) is 24.1 Å². The average Bonchev–Trinajstić information content (AvgIpc) is 2.91. The van der Waals surface area contributed by atoms with Crippen molar-refractivity contribution in [1.82, 2.24) is 4.90 Å². The Morgan fingerprint density at radius 1 is 1.08 bits per heavy atom. The molecule has 1 fully saturated rings. The van der Waals surface area contributed by atoms with E-state index in [1.807, 2.05) is 37.3 Å². The molecule has 1 N–H and O–H groups in total. The molecule has 1 unspecified atom stereocenters. The van der Waals surface area contributed by atoms with Crippen LogP contribution in [0.3, 0.4) is 0 Å². The molecular weight excluding hydrogens is 394 g/mol. The van der Waals surface area contributed by atoms with Crippen LogP contribution in [0.1, 0.15) is 36.9 Å². The van der Waals surface area contributed by atoms with Gasteiger partial charge in [-0.15, -0.1) is 0 Å². The highest BCUT2D eigenvalue weighted by Crippen LogP contribution is 2.39. The number of unbranched alkanes of at least 4 members (excludes halogenated alkanes) is 1. The topological polar surface area (TPSA) is 57.6 Å². The number of carbonyl (C=O) groups is 2. The van der Waals surface area contributed by atoms with Crippen molar-refractivity contribution in [1.29, 1.82) is 0 Å². The zero-order valence-electron chi connectivity index (χ0n) is 14.5. The molecule has 1 aliphatic heterocycles. The standard InChI is InChI=1S/C21H20BrNO3/c1-2-3-13-23-18(14-9-11-16(22)12-10-14)17(20(25)21(23)26)19(24)15-7-5-4-6-8-15/h4-12,18,24H,2-3,13H2,1H3. The van der Waals surface area contributed by atoms with Crippen LogP contribution in [0.2, 0.25) is 0 Å². The van der Waals surface area contributed by atoms with Crippen molar-refractivity contribution >= 4 is 33.4 Å². The summed E-state index contributed by atoms with van der Waals surface area (Å²) in [6.45, 7) is 2.52. The molecule has 134 valence electrons. The van der Waals surface area contributed by atoms with Gasteiger partial charge in [0.15, 0.2) is 0 Å². The summed E-state index contributed by atoms with van der Waals surface area (Å²) in [6.07, 6.45) is 1.71. The molecule has 1 atom stereocenters. The van der Waals surface area contributed by atoms with Gasteiger partial charge in [-0.1, -0.05) is 71.7 Å². The van der Waals surface area contributed by atoms with Crippen LogP contribution in [0.15, 0.2) is 64.6 Å². The number of ketones is 1. The lowest BCUT2D eigenvalue weighted by molar-refractivity contribution is -0.139. The van der Waals surface area contributed by atoms with Gasteiger partial charge in [0.05, 0.1) is 11.6 Å². The van der Waals surface area contributed by atoms with Crippen molar-refractivity contribution in [2.24, 2.45) is 0 Å². The van der Waals surface area contributed by atoms with E-state index >= 15 is 0 Å². The third-order valence-corrected chi connectivity index (χ3v) is 5.05. The van der Waals surface area contributed by atoms with Crippen molar-refractivity contribution < 1.29 is 14.7 Å². The first-order chi connectivity index (χ1) is 12.5. The van der Waals surface area contributed by atoms with Crippen molar-refractivity contribution in [3.8, 4) is 0 Å². The first kappa shape index (κ1) is 18.4. The molecule has 5 heteroatoms. The van der Waals surface area contributed by atoms with E-state index in [4.69, 9.17) is 0 Å². The number of likely N-dealkylation sites (tertiary alicyclic amines) is 1. The largest absolute Gasteiger partial charge is 0.507 e. The van der Waals surface area contributed by atoms with E-state index in [0.29, 0.717) is 12.1 Å². The summed E-state index contributed by atoms with van der Waals surface area (Å²) < 4.78 is 0.912. The Bertz CT molecular complexity index is 843. The normalized spacial score (nSPS) is 19.2. The molecule has 0 spiro atoms. The lowest BCUT2D eigenvalue weighted by Crippen LogP contribution is -2.30. The molecule has 1 amide bonds. The van der Waals surface area contributed by atoms with Gasteiger partial charge in [-0.2, -0.15) is 0 Å². The summed E-state index contributed by atoms with van der Waals surface area (Å²) in [5.74, 6) is -1.31. The fraction of sp³-hybridized carbons (Fsp3) is 0.238. The second-order valence-electron chi connectivity index (χ2n) is 6.26. The quantitative estimate of drug-likeness (QED) is 0.440. The SMILES string of the molecule is CCCCN1C(=O)C(=O)C(=C(O)c2ccccc2)C1c1ccc(Br)cc1. The van der Waals surface area contributed by atoms with Crippen molar-refractivity contribution in [3.05, 3.63) is 75.8 Å². The highest BCUT2D eigenvalue weighted by atomic mass is 79.9. The number of nitrogens with zero attached hydrogens (tertiary/aromatic N) is 1. The summed E-state index contributed by atoms with van der Waals surface area (Å²) >= 11 is 3.41. The molecule has 1 saturated heterocycles. The Kier molecular flexibility index (Phi) is 5.57. The maximum Gasteiger partial charge on any atom is 0.295 e. The number of halogens is 1. The molecule has 0 radical (unpaired) electrons. The number of aliphatic hydroxyl groups is 1. The second kappa shape index (κ2) is 7.87. The molecule has 0 bridgehead atoms. The Hall–Kier alpha value is -2.40. The number of rotatable bonds is 5. The molecule has 3 rings (SSSR count). The molecule has 0 aromatic heterocycles. The van der Waals surface area contributed by atoms with Crippen LogP contribution in [-0.2, 0) is 9.59 Å². The highest BCUT2D eigenvalue weighted by Gasteiger charge is 2.45. The monoisotopic (exact) mass is 413 g/mol. The minimum Gasteiger partial charge on any atom is -0.507 e. The Morgan fingerprint density at radius 3 is 2.35 bits per heavy atom. The number of amides is 1. The molecule has 26 heavy (non-hydrogen) atoms. The fourth-order valence-corrected chi connectivity index (χ4v) is 3.45. The van der Waals surface area contributed by atoms with Crippen molar-refractivity contribution in [2.75, 3.05) is 6.54 Å². The lowest BCUT2D eigenvalue weighted by Gasteiger charge is -2.25. The second-order valence-corrected chi connectivity index (χ2v) is 7.18. The predicted molar refractivity (Wildman–Crippen MR) is 105 cm³/mol. The first-order valence-corrected chi connectivity index (χ1v) is 9.43. The maximum atomic E-state index is 12.7. The number of carbonyl (C=O) groups excluding carboxylic acids is 2. The van der Waals surface area contributed by atoms with E-state index in [2.05, 4.69) is 15.9 Å². The summed E-state index contributed by atoms with van der Waals surface area (Å²) in [5.41, 5.74) is 1.49. The highest BCUT2D eigenvalue weighted by molar-refractivity contribution is 9.10. The van der Waals surface area contributed by atoms with Gasteiger partial charge in [0.25, 0.3) is 11.7 Å². The van der Waals surface area contributed by atoms with Gasteiger partial charge in [0.2, 0.25) is 0 Å². The van der Waals surface area contributed by atoms with Crippen LogP contribution in [0, 0.1) is 0 Å².